The third kappa shape index (κ3) is 4.66. The first-order valence-electron chi connectivity index (χ1n) is 10.2. The molecule has 32 heavy (non-hydrogen) atoms. The van der Waals surface area contributed by atoms with E-state index in [1.807, 2.05) is 30.3 Å². The summed E-state index contributed by atoms with van der Waals surface area (Å²) in [6.45, 7) is 0.608. The molecule has 1 saturated heterocycles. The number of amides is 1. The van der Waals surface area contributed by atoms with E-state index in [1.54, 1.807) is 0 Å². The van der Waals surface area contributed by atoms with Gasteiger partial charge >= 0.3 is 5.97 Å². The number of anilines is 1. The second-order valence-electron chi connectivity index (χ2n) is 7.73. The maximum Gasteiger partial charge on any atom is 0.317 e. The molecule has 2 aliphatic rings. The number of morpholine rings is 1. The van der Waals surface area contributed by atoms with Gasteiger partial charge in [-0.15, -0.1) is 0 Å². The van der Waals surface area contributed by atoms with Gasteiger partial charge in [-0.2, -0.15) is 4.31 Å². The molecule has 0 radical (unpaired) electrons. The van der Waals surface area contributed by atoms with Gasteiger partial charge in [0, 0.05) is 18.8 Å². The summed E-state index contributed by atoms with van der Waals surface area (Å²) in [5, 5.41) is 2.62. The van der Waals surface area contributed by atoms with Crippen LogP contribution in [0.4, 0.5) is 5.69 Å². The Hall–Kier alpha value is -2.46. The van der Waals surface area contributed by atoms with Crippen LogP contribution in [0.2, 0.25) is 5.02 Å². The van der Waals surface area contributed by atoms with Gasteiger partial charge in [-0.1, -0.05) is 41.9 Å². The van der Waals surface area contributed by atoms with Crippen LogP contribution in [-0.4, -0.2) is 57.5 Å². The molecule has 1 saturated carbocycles. The summed E-state index contributed by atoms with van der Waals surface area (Å²) < 4.78 is 37.6. The fraction of sp³-hybridized carbons (Fsp3) is 0.364. The smallest absolute Gasteiger partial charge is 0.317 e. The van der Waals surface area contributed by atoms with Gasteiger partial charge in [0.05, 0.1) is 23.7 Å². The zero-order valence-corrected chi connectivity index (χ0v) is 18.8. The predicted octanol–water partition coefficient (Wildman–Crippen LogP) is 2.57. The van der Waals surface area contributed by atoms with Gasteiger partial charge in [-0.05, 0) is 36.6 Å². The fourth-order valence-corrected chi connectivity index (χ4v) is 5.57. The quantitative estimate of drug-likeness (QED) is 0.614. The lowest BCUT2D eigenvalue weighted by Gasteiger charge is -2.26. The molecule has 0 aromatic heterocycles. The third-order valence-electron chi connectivity index (χ3n) is 5.60. The number of rotatable bonds is 7. The van der Waals surface area contributed by atoms with E-state index in [-0.39, 0.29) is 28.7 Å². The van der Waals surface area contributed by atoms with E-state index in [9.17, 15) is 18.0 Å². The molecule has 2 aromatic rings. The zero-order chi connectivity index (χ0) is 22.8. The van der Waals surface area contributed by atoms with Crippen molar-refractivity contribution in [1.29, 1.82) is 0 Å². The number of carbonyl (C=O) groups is 2. The summed E-state index contributed by atoms with van der Waals surface area (Å²) in [6.07, 6.45) is 1.36. The van der Waals surface area contributed by atoms with Gasteiger partial charge in [0.2, 0.25) is 10.0 Å². The van der Waals surface area contributed by atoms with Crippen LogP contribution < -0.4 is 5.32 Å². The molecule has 170 valence electrons. The molecule has 2 aromatic carbocycles. The van der Waals surface area contributed by atoms with Gasteiger partial charge in [-0.25, -0.2) is 8.42 Å². The lowest BCUT2D eigenvalue weighted by atomic mass is 9.96. The van der Waals surface area contributed by atoms with Crippen molar-refractivity contribution in [3.63, 3.8) is 0 Å². The van der Waals surface area contributed by atoms with Crippen LogP contribution in [0, 0.1) is 0 Å². The Morgan fingerprint density at radius 2 is 1.78 bits per heavy atom. The maximum absolute atomic E-state index is 12.9. The van der Waals surface area contributed by atoms with Crippen LogP contribution in [-0.2, 0) is 34.5 Å². The number of halogens is 1. The first-order valence-corrected chi connectivity index (χ1v) is 12.0. The minimum absolute atomic E-state index is 0.0551. The van der Waals surface area contributed by atoms with Crippen molar-refractivity contribution in [2.45, 2.75) is 23.2 Å². The van der Waals surface area contributed by atoms with E-state index in [4.69, 9.17) is 21.1 Å². The summed E-state index contributed by atoms with van der Waals surface area (Å²) in [6, 6.07) is 13.5. The lowest BCUT2D eigenvalue weighted by Crippen LogP contribution is -2.40. The highest BCUT2D eigenvalue weighted by atomic mass is 35.5. The molecule has 1 aliphatic heterocycles. The molecular formula is C22H23ClN2O6S. The number of esters is 1. The first-order chi connectivity index (χ1) is 15.3. The Balaban J connectivity index is 1.40. The first kappa shape index (κ1) is 22.7. The number of ether oxygens (including phenoxy) is 2. The molecular weight excluding hydrogens is 456 g/mol. The summed E-state index contributed by atoms with van der Waals surface area (Å²) in [5.74, 6) is -1.01. The number of nitrogens with one attached hydrogen (secondary N) is 1. The number of hydrogen-bond donors (Lipinski definition) is 1. The standard InChI is InChI=1S/C22H23ClN2O6S/c23-18-7-6-17(14-19(18)32(28,29)25-10-12-30-13-11-25)24-20(26)15-31-21(27)22(8-9-22)16-4-2-1-3-5-16/h1-7,14H,8-13,15H2,(H,24,26). The third-order valence-corrected chi connectivity index (χ3v) is 7.98. The second-order valence-corrected chi connectivity index (χ2v) is 10.0. The molecule has 0 bridgehead atoms. The van der Waals surface area contributed by atoms with Crippen LogP contribution >= 0.6 is 11.6 Å². The molecule has 8 nitrogen and oxygen atoms in total. The summed E-state index contributed by atoms with van der Waals surface area (Å²) in [7, 11) is -3.83. The van der Waals surface area contributed by atoms with Crippen molar-refractivity contribution < 1.29 is 27.5 Å². The van der Waals surface area contributed by atoms with Crippen LogP contribution in [0.1, 0.15) is 18.4 Å². The number of hydrogen-bond acceptors (Lipinski definition) is 6. The molecule has 0 unspecified atom stereocenters. The van der Waals surface area contributed by atoms with E-state index in [1.165, 1.54) is 22.5 Å². The van der Waals surface area contributed by atoms with E-state index in [2.05, 4.69) is 5.32 Å². The maximum atomic E-state index is 12.9. The van der Waals surface area contributed by atoms with Crippen molar-refractivity contribution >= 4 is 39.2 Å². The van der Waals surface area contributed by atoms with E-state index in [0.717, 1.165) is 5.56 Å². The molecule has 1 N–H and O–H groups in total. The summed E-state index contributed by atoms with van der Waals surface area (Å²) in [4.78, 5) is 24.8. The minimum Gasteiger partial charge on any atom is -0.455 e. The largest absolute Gasteiger partial charge is 0.455 e. The molecule has 1 heterocycles. The van der Waals surface area contributed by atoms with E-state index in [0.29, 0.717) is 26.1 Å². The number of sulfonamides is 1. The van der Waals surface area contributed by atoms with Crippen molar-refractivity contribution in [2.24, 2.45) is 0 Å². The Bertz CT molecular complexity index is 1110. The summed E-state index contributed by atoms with van der Waals surface area (Å²) in [5.41, 5.74) is 0.439. The fourth-order valence-electron chi connectivity index (χ4n) is 3.66. The van der Waals surface area contributed by atoms with Crippen molar-refractivity contribution in [3.05, 3.63) is 59.1 Å². The Kier molecular flexibility index (Phi) is 6.52. The lowest BCUT2D eigenvalue weighted by molar-refractivity contribution is -0.150. The van der Waals surface area contributed by atoms with Crippen molar-refractivity contribution in [3.8, 4) is 0 Å². The molecule has 4 rings (SSSR count). The molecule has 0 atom stereocenters. The molecule has 1 amide bonds. The highest BCUT2D eigenvalue weighted by molar-refractivity contribution is 7.89. The summed E-state index contributed by atoms with van der Waals surface area (Å²) >= 11 is 6.14. The minimum atomic E-state index is -3.83. The van der Waals surface area contributed by atoms with E-state index >= 15 is 0 Å². The number of nitrogens with zero attached hydrogens (tertiary/aromatic N) is 1. The normalized spacial score (nSPS) is 18.0. The monoisotopic (exact) mass is 478 g/mol. The van der Waals surface area contributed by atoms with Crippen molar-refractivity contribution in [1.82, 2.24) is 4.31 Å². The van der Waals surface area contributed by atoms with Crippen LogP contribution in [0.5, 0.6) is 0 Å². The topological polar surface area (TPSA) is 102 Å². The SMILES string of the molecule is O=C(COC(=O)C1(c2ccccc2)CC1)Nc1ccc(Cl)c(S(=O)(=O)N2CCOCC2)c1. The Morgan fingerprint density at radius 1 is 1.09 bits per heavy atom. The molecule has 10 heteroatoms. The number of carbonyl (C=O) groups excluding carboxylic acids is 2. The van der Waals surface area contributed by atoms with Gasteiger partial charge in [0.25, 0.3) is 5.91 Å². The van der Waals surface area contributed by atoms with Gasteiger partial charge in [-0.3, -0.25) is 9.59 Å². The van der Waals surface area contributed by atoms with E-state index < -0.39 is 33.9 Å². The Morgan fingerprint density at radius 3 is 2.44 bits per heavy atom. The molecule has 1 aliphatic carbocycles. The number of benzene rings is 2. The average molecular weight is 479 g/mol. The molecule has 0 spiro atoms. The Labute approximate surface area is 191 Å². The van der Waals surface area contributed by atoms with Crippen LogP contribution in [0.15, 0.2) is 53.4 Å². The highest BCUT2D eigenvalue weighted by Crippen LogP contribution is 2.49. The van der Waals surface area contributed by atoms with Gasteiger partial charge < -0.3 is 14.8 Å². The second kappa shape index (κ2) is 9.19. The van der Waals surface area contributed by atoms with Gasteiger partial charge in [0.15, 0.2) is 6.61 Å². The van der Waals surface area contributed by atoms with Crippen LogP contribution in [0.3, 0.4) is 0 Å². The predicted molar refractivity (Wildman–Crippen MR) is 118 cm³/mol. The highest BCUT2D eigenvalue weighted by Gasteiger charge is 2.52. The van der Waals surface area contributed by atoms with Gasteiger partial charge in [0.1, 0.15) is 4.90 Å². The van der Waals surface area contributed by atoms with Crippen LogP contribution in [0.25, 0.3) is 0 Å². The average Bonchev–Trinajstić information content (AvgIpc) is 3.62. The molecule has 2 fully saturated rings. The van der Waals surface area contributed by atoms with Crippen molar-refractivity contribution in [2.75, 3.05) is 38.2 Å². The zero-order valence-electron chi connectivity index (χ0n) is 17.3.